The zero-order valence-corrected chi connectivity index (χ0v) is 14.3. The maximum absolute atomic E-state index is 13.2. The largest absolute Gasteiger partial charge is 0.349 e. The number of rotatable bonds is 3. The number of halogens is 1. The lowest BCUT2D eigenvalue weighted by atomic mass is 9.82. The Morgan fingerprint density at radius 3 is 2.43 bits per heavy atom. The van der Waals surface area contributed by atoms with Crippen LogP contribution in [0.25, 0.3) is 0 Å². The normalized spacial score (nSPS) is 24.3. The van der Waals surface area contributed by atoms with Gasteiger partial charge in [-0.15, -0.1) is 0 Å². The van der Waals surface area contributed by atoms with E-state index in [0.29, 0.717) is 0 Å². The first-order valence-electron chi connectivity index (χ1n) is 8.58. The van der Waals surface area contributed by atoms with E-state index >= 15 is 0 Å². The second-order valence-electron chi connectivity index (χ2n) is 8.23. The van der Waals surface area contributed by atoms with Crippen molar-refractivity contribution in [2.24, 2.45) is 16.7 Å². The quantitative estimate of drug-likeness (QED) is 0.896. The summed E-state index contributed by atoms with van der Waals surface area (Å²) in [5.41, 5.74) is 1.08. The summed E-state index contributed by atoms with van der Waals surface area (Å²) in [6, 6.07) is 6.38. The topological polar surface area (TPSA) is 41.1 Å². The first-order valence-corrected chi connectivity index (χ1v) is 8.58. The van der Waals surface area contributed by atoms with Crippen LogP contribution in [0.1, 0.15) is 51.6 Å². The van der Waals surface area contributed by atoms with Crippen LogP contribution in [0.5, 0.6) is 0 Å². The summed E-state index contributed by atoms with van der Waals surface area (Å²) in [6.07, 6.45) is 3.21. The number of hydrogen-bond acceptors (Lipinski definition) is 2. The molecule has 126 valence electrons. The molecule has 1 aromatic carbocycles. The van der Waals surface area contributed by atoms with Gasteiger partial charge in [0.2, 0.25) is 5.91 Å². The number of piperidine rings is 1. The lowest BCUT2D eigenvalue weighted by molar-refractivity contribution is -0.124. The molecule has 1 aromatic rings. The monoisotopic (exact) mass is 318 g/mol. The van der Waals surface area contributed by atoms with Gasteiger partial charge in [-0.2, -0.15) is 0 Å². The third-order valence-electron chi connectivity index (χ3n) is 5.46. The highest BCUT2D eigenvalue weighted by Gasteiger charge is 2.58. The molecule has 2 aliphatic rings. The Bertz CT molecular complexity index is 570. The van der Waals surface area contributed by atoms with Crippen molar-refractivity contribution in [3.05, 3.63) is 35.6 Å². The Morgan fingerprint density at radius 2 is 1.87 bits per heavy atom. The van der Waals surface area contributed by atoms with Gasteiger partial charge >= 0.3 is 0 Å². The van der Waals surface area contributed by atoms with Crippen molar-refractivity contribution >= 4 is 5.91 Å². The Morgan fingerprint density at radius 1 is 1.26 bits per heavy atom. The van der Waals surface area contributed by atoms with Crippen molar-refractivity contribution in [1.29, 1.82) is 0 Å². The standard InChI is InChI=1S/C19H27FN2O/c1-18(2,3)16(13-4-6-14(20)7-5-13)22-17(23)15-12-19(15)8-10-21-11-9-19/h4-7,15-16,21H,8-12H2,1-3H3,(H,22,23)/t15-,16-/m1/s1. The van der Waals surface area contributed by atoms with Gasteiger partial charge in [0.05, 0.1) is 6.04 Å². The van der Waals surface area contributed by atoms with Crippen LogP contribution in [0.15, 0.2) is 24.3 Å². The van der Waals surface area contributed by atoms with Crippen LogP contribution < -0.4 is 10.6 Å². The summed E-state index contributed by atoms with van der Waals surface area (Å²) in [7, 11) is 0. The number of carbonyl (C=O) groups excluding carboxylic acids is 1. The molecule has 4 heteroatoms. The van der Waals surface area contributed by atoms with Gasteiger partial charge in [-0.05, 0) is 60.9 Å². The molecule has 1 aliphatic carbocycles. The van der Waals surface area contributed by atoms with Gasteiger partial charge in [0, 0.05) is 5.92 Å². The van der Waals surface area contributed by atoms with E-state index in [4.69, 9.17) is 0 Å². The highest BCUT2D eigenvalue weighted by molar-refractivity contribution is 5.83. The van der Waals surface area contributed by atoms with Crippen LogP contribution in [0.3, 0.4) is 0 Å². The second kappa shape index (κ2) is 5.90. The molecule has 2 fully saturated rings. The van der Waals surface area contributed by atoms with E-state index in [9.17, 15) is 9.18 Å². The van der Waals surface area contributed by atoms with E-state index in [0.717, 1.165) is 37.9 Å². The predicted molar refractivity (Wildman–Crippen MR) is 89.4 cm³/mol. The van der Waals surface area contributed by atoms with E-state index in [-0.39, 0.29) is 34.5 Å². The smallest absolute Gasteiger partial charge is 0.224 e. The zero-order valence-electron chi connectivity index (χ0n) is 14.3. The van der Waals surface area contributed by atoms with Crippen molar-refractivity contribution < 1.29 is 9.18 Å². The van der Waals surface area contributed by atoms with Gasteiger partial charge in [-0.1, -0.05) is 32.9 Å². The van der Waals surface area contributed by atoms with Crippen molar-refractivity contribution in [3.8, 4) is 0 Å². The minimum atomic E-state index is -0.247. The van der Waals surface area contributed by atoms with Crippen LogP contribution >= 0.6 is 0 Å². The Hall–Kier alpha value is -1.42. The van der Waals surface area contributed by atoms with Crippen LogP contribution in [0.4, 0.5) is 4.39 Å². The lowest BCUT2D eigenvalue weighted by Crippen LogP contribution is -2.39. The minimum Gasteiger partial charge on any atom is -0.349 e. The van der Waals surface area contributed by atoms with Gasteiger partial charge < -0.3 is 10.6 Å². The molecule has 1 saturated carbocycles. The Kier molecular flexibility index (Phi) is 4.21. The molecular formula is C19H27FN2O. The molecule has 2 N–H and O–H groups in total. The molecule has 1 amide bonds. The first-order chi connectivity index (χ1) is 10.8. The Labute approximate surface area is 138 Å². The minimum absolute atomic E-state index is 0.102. The van der Waals surface area contributed by atoms with Crippen LogP contribution in [-0.2, 0) is 4.79 Å². The van der Waals surface area contributed by atoms with E-state index < -0.39 is 0 Å². The van der Waals surface area contributed by atoms with Gasteiger partial charge in [-0.3, -0.25) is 4.79 Å². The predicted octanol–water partition coefficient (Wildman–Crippen LogP) is 3.42. The molecule has 0 aromatic heterocycles. The van der Waals surface area contributed by atoms with Gasteiger partial charge in [-0.25, -0.2) is 4.39 Å². The fourth-order valence-electron chi connectivity index (χ4n) is 3.89. The summed E-state index contributed by atoms with van der Waals surface area (Å²) >= 11 is 0. The summed E-state index contributed by atoms with van der Waals surface area (Å²) in [5.74, 6) is 0.0645. The highest BCUT2D eigenvalue weighted by Crippen LogP contribution is 2.58. The summed E-state index contributed by atoms with van der Waals surface area (Å²) in [5, 5.41) is 6.61. The zero-order chi connectivity index (χ0) is 16.7. The average Bonchev–Trinajstić information content (AvgIpc) is 3.19. The molecule has 1 spiro atoms. The molecule has 1 heterocycles. The van der Waals surface area contributed by atoms with Crippen molar-refractivity contribution in [2.45, 2.75) is 46.1 Å². The Balaban J connectivity index is 1.72. The molecular weight excluding hydrogens is 291 g/mol. The number of amides is 1. The van der Waals surface area contributed by atoms with Crippen molar-refractivity contribution in [1.82, 2.24) is 10.6 Å². The molecule has 3 nitrogen and oxygen atoms in total. The van der Waals surface area contributed by atoms with Crippen LogP contribution in [-0.4, -0.2) is 19.0 Å². The molecule has 0 bridgehead atoms. The average molecular weight is 318 g/mol. The third-order valence-corrected chi connectivity index (χ3v) is 5.46. The van der Waals surface area contributed by atoms with Crippen LogP contribution in [0, 0.1) is 22.6 Å². The third kappa shape index (κ3) is 3.42. The van der Waals surface area contributed by atoms with Gasteiger partial charge in [0.15, 0.2) is 0 Å². The van der Waals surface area contributed by atoms with Crippen LogP contribution in [0.2, 0.25) is 0 Å². The summed E-state index contributed by atoms with van der Waals surface area (Å²) in [4.78, 5) is 12.8. The molecule has 3 rings (SSSR count). The van der Waals surface area contributed by atoms with E-state index in [1.54, 1.807) is 12.1 Å². The maximum Gasteiger partial charge on any atom is 0.224 e. The molecule has 2 atom stereocenters. The van der Waals surface area contributed by atoms with Gasteiger partial charge in [0.25, 0.3) is 0 Å². The summed E-state index contributed by atoms with van der Waals surface area (Å²) in [6.45, 7) is 8.35. The van der Waals surface area contributed by atoms with E-state index in [1.165, 1.54) is 12.1 Å². The molecule has 1 aliphatic heterocycles. The van der Waals surface area contributed by atoms with E-state index in [1.807, 2.05) is 0 Å². The van der Waals surface area contributed by atoms with Crippen molar-refractivity contribution in [2.75, 3.05) is 13.1 Å². The maximum atomic E-state index is 13.2. The van der Waals surface area contributed by atoms with Crippen molar-refractivity contribution in [3.63, 3.8) is 0 Å². The molecule has 23 heavy (non-hydrogen) atoms. The summed E-state index contributed by atoms with van der Waals surface area (Å²) < 4.78 is 13.2. The fraction of sp³-hybridized carbons (Fsp3) is 0.632. The first kappa shape index (κ1) is 16.4. The number of hydrogen-bond donors (Lipinski definition) is 2. The number of nitrogens with one attached hydrogen (secondary N) is 2. The van der Waals surface area contributed by atoms with Gasteiger partial charge in [0.1, 0.15) is 5.82 Å². The fourth-order valence-corrected chi connectivity index (χ4v) is 3.89. The number of carbonyl (C=O) groups is 1. The second-order valence-corrected chi connectivity index (χ2v) is 8.23. The molecule has 1 saturated heterocycles. The number of benzene rings is 1. The lowest BCUT2D eigenvalue weighted by Gasteiger charge is -2.32. The highest BCUT2D eigenvalue weighted by atomic mass is 19.1. The van der Waals surface area contributed by atoms with E-state index in [2.05, 4.69) is 31.4 Å². The molecule has 0 radical (unpaired) electrons. The molecule has 0 unspecified atom stereocenters. The SMILES string of the molecule is CC(C)(C)[C@H](NC(=O)[C@H]1CC12CCNCC2)c1ccc(F)cc1.